The molecule has 5 heteroatoms. The molecule has 0 amide bonds. The lowest BCUT2D eigenvalue weighted by atomic mass is 10.0. The average Bonchev–Trinajstić information content (AvgIpc) is 2.32. The molecule has 0 saturated carbocycles. The Morgan fingerprint density at radius 1 is 1.00 bits per heavy atom. The summed E-state index contributed by atoms with van der Waals surface area (Å²) in [5.74, 6) is -1.12. The Morgan fingerprint density at radius 2 is 1.53 bits per heavy atom. The van der Waals surface area contributed by atoms with Crippen molar-refractivity contribution < 1.29 is 8.78 Å². The van der Waals surface area contributed by atoms with E-state index in [2.05, 4.69) is 15.9 Å². The standard InChI is InChI=1S/C14H9BrCl2F2/c15-12(8-4-9(16)6-10(17)5-8)7-11-13(18)2-1-3-14(11)19/h1-6,12H,7H2. The van der Waals surface area contributed by atoms with Gasteiger partial charge in [0.2, 0.25) is 0 Å². The van der Waals surface area contributed by atoms with Crippen LogP contribution in [0.4, 0.5) is 8.78 Å². The van der Waals surface area contributed by atoms with Crippen LogP contribution >= 0.6 is 39.1 Å². The van der Waals surface area contributed by atoms with Crippen molar-refractivity contribution in [1.29, 1.82) is 0 Å². The Hall–Kier alpha value is -0.640. The molecule has 0 N–H and O–H groups in total. The van der Waals surface area contributed by atoms with E-state index in [0.29, 0.717) is 10.0 Å². The molecule has 1 atom stereocenters. The van der Waals surface area contributed by atoms with Crippen LogP contribution in [0.5, 0.6) is 0 Å². The zero-order valence-corrected chi connectivity index (χ0v) is 12.7. The van der Waals surface area contributed by atoms with Gasteiger partial charge in [-0.2, -0.15) is 0 Å². The first-order valence-corrected chi connectivity index (χ1v) is 7.17. The lowest BCUT2D eigenvalue weighted by Crippen LogP contribution is -2.01. The molecule has 0 heterocycles. The van der Waals surface area contributed by atoms with Crippen LogP contribution < -0.4 is 0 Å². The van der Waals surface area contributed by atoms with E-state index < -0.39 is 11.6 Å². The molecule has 100 valence electrons. The van der Waals surface area contributed by atoms with E-state index in [1.807, 2.05) is 0 Å². The van der Waals surface area contributed by atoms with E-state index in [1.54, 1.807) is 18.2 Å². The van der Waals surface area contributed by atoms with Crippen LogP contribution in [0.3, 0.4) is 0 Å². The van der Waals surface area contributed by atoms with Gasteiger partial charge in [0.05, 0.1) is 0 Å². The van der Waals surface area contributed by atoms with E-state index in [-0.39, 0.29) is 16.8 Å². The van der Waals surface area contributed by atoms with Gasteiger partial charge in [0.25, 0.3) is 0 Å². The molecule has 0 aliphatic carbocycles. The lowest BCUT2D eigenvalue weighted by Gasteiger charge is -2.12. The summed E-state index contributed by atoms with van der Waals surface area (Å²) in [5, 5.41) is 0.974. The zero-order valence-electron chi connectivity index (χ0n) is 9.64. The van der Waals surface area contributed by atoms with Crippen molar-refractivity contribution >= 4 is 39.1 Å². The van der Waals surface area contributed by atoms with Crippen LogP contribution in [-0.4, -0.2) is 0 Å². The Labute approximate surface area is 128 Å². The Morgan fingerprint density at radius 3 is 2.05 bits per heavy atom. The average molecular weight is 366 g/mol. The van der Waals surface area contributed by atoms with Crippen LogP contribution in [0.2, 0.25) is 10.0 Å². The summed E-state index contributed by atoms with van der Waals surface area (Å²) < 4.78 is 27.1. The van der Waals surface area contributed by atoms with Gasteiger partial charge in [-0.25, -0.2) is 8.78 Å². The van der Waals surface area contributed by atoms with Crippen molar-refractivity contribution in [2.45, 2.75) is 11.2 Å². The molecule has 2 rings (SSSR count). The number of rotatable bonds is 3. The predicted molar refractivity (Wildman–Crippen MR) is 78.2 cm³/mol. The molecular weight excluding hydrogens is 357 g/mol. The maximum atomic E-state index is 13.6. The van der Waals surface area contributed by atoms with Gasteiger partial charge in [0.1, 0.15) is 11.6 Å². The van der Waals surface area contributed by atoms with Gasteiger partial charge < -0.3 is 0 Å². The molecule has 2 aromatic rings. The van der Waals surface area contributed by atoms with Crippen molar-refractivity contribution in [3.05, 3.63) is 69.2 Å². The lowest BCUT2D eigenvalue weighted by molar-refractivity contribution is 0.554. The maximum absolute atomic E-state index is 13.6. The van der Waals surface area contributed by atoms with Gasteiger partial charge in [-0.05, 0) is 42.3 Å². The topological polar surface area (TPSA) is 0 Å². The minimum absolute atomic E-state index is 0.0421. The second kappa shape index (κ2) is 6.21. The molecule has 0 spiro atoms. The van der Waals surface area contributed by atoms with E-state index in [0.717, 1.165) is 5.56 Å². The number of alkyl halides is 1. The molecule has 0 nitrogen and oxygen atoms in total. The molecule has 0 aliphatic rings. The summed E-state index contributed by atoms with van der Waals surface area (Å²) >= 11 is 15.2. The molecular formula is C14H9BrCl2F2. The van der Waals surface area contributed by atoms with Gasteiger partial charge in [0, 0.05) is 20.4 Å². The first kappa shape index (κ1) is 14.8. The fourth-order valence-electron chi connectivity index (χ4n) is 1.78. The van der Waals surface area contributed by atoms with Gasteiger partial charge >= 0.3 is 0 Å². The molecule has 1 unspecified atom stereocenters. The van der Waals surface area contributed by atoms with Crippen LogP contribution in [0, 0.1) is 11.6 Å². The molecule has 2 aromatic carbocycles. The highest BCUT2D eigenvalue weighted by atomic mass is 79.9. The van der Waals surface area contributed by atoms with Crippen molar-refractivity contribution in [1.82, 2.24) is 0 Å². The largest absolute Gasteiger partial charge is 0.207 e. The number of benzene rings is 2. The molecule has 0 bridgehead atoms. The molecule has 19 heavy (non-hydrogen) atoms. The molecule has 0 aliphatic heterocycles. The van der Waals surface area contributed by atoms with Gasteiger partial charge in [-0.3, -0.25) is 0 Å². The van der Waals surface area contributed by atoms with E-state index in [4.69, 9.17) is 23.2 Å². The van der Waals surface area contributed by atoms with Crippen LogP contribution in [0.15, 0.2) is 36.4 Å². The second-order valence-corrected chi connectivity index (χ2v) is 6.05. The van der Waals surface area contributed by atoms with Crippen LogP contribution in [0.25, 0.3) is 0 Å². The van der Waals surface area contributed by atoms with Crippen LogP contribution in [0.1, 0.15) is 16.0 Å². The summed E-state index contributed by atoms with van der Waals surface area (Å²) in [6, 6.07) is 8.85. The quantitative estimate of drug-likeness (QED) is 0.589. The molecule has 0 saturated heterocycles. The summed E-state index contributed by atoms with van der Waals surface area (Å²) in [7, 11) is 0. The Bertz CT molecular complexity index is 561. The van der Waals surface area contributed by atoms with E-state index in [1.165, 1.54) is 18.2 Å². The van der Waals surface area contributed by atoms with Gasteiger partial charge in [-0.1, -0.05) is 45.2 Å². The predicted octanol–water partition coefficient (Wildman–Crippen LogP) is 5.95. The summed E-state index contributed by atoms with van der Waals surface area (Å²) in [6.07, 6.45) is 0.176. The molecule has 0 radical (unpaired) electrons. The SMILES string of the molecule is Fc1cccc(F)c1CC(Br)c1cc(Cl)cc(Cl)c1. The zero-order chi connectivity index (χ0) is 14.0. The first-order chi connectivity index (χ1) is 8.97. The highest BCUT2D eigenvalue weighted by Crippen LogP contribution is 2.32. The smallest absolute Gasteiger partial charge is 0.129 e. The number of hydrogen-bond acceptors (Lipinski definition) is 0. The summed E-state index contributed by atoms with van der Waals surface area (Å²) in [4.78, 5) is -0.268. The number of halogens is 5. The normalized spacial score (nSPS) is 12.5. The van der Waals surface area contributed by atoms with Gasteiger partial charge in [-0.15, -0.1) is 0 Å². The van der Waals surface area contributed by atoms with Crippen molar-refractivity contribution in [2.24, 2.45) is 0 Å². The Kier molecular flexibility index (Phi) is 4.82. The highest BCUT2D eigenvalue weighted by molar-refractivity contribution is 9.09. The van der Waals surface area contributed by atoms with Crippen molar-refractivity contribution in [2.75, 3.05) is 0 Å². The van der Waals surface area contributed by atoms with E-state index in [9.17, 15) is 8.78 Å². The minimum Gasteiger partial charge on any atom is -0.207 e. The third-order valence-electron chi connectivity index (χ3n) is 2.69. The van der Waals surface area contributed by atoms with Gasteiger partial charge in [0.15, 0.2) is 0 Å². The third-order valence-corrected chi connectivity index (χ3v) is 3.98. The fourth-order valence-corrected chi connectivity index (χ4v) is 2.91. The molecule has 0 aromatic heterocycles. The Balaban J connectivity index is 2.28. The minimum atomic E-state index is -0.558. The van der Waals surface area contributed by atoms with Crippen molar-refractivity contribution in [3.8, 4) is 0 Å². The summed E-state index contributed by atoms with van der Waals surface area (Å²) in [5.41, 5.74) is 0.820. The first-order valence-electron chi connectivity index (χ1n) is 5.50. The summed E-state index contributed by atoms with van der Waals surface area (Å²) in [6.45, 7) is 0. The van der Waals surface area contributed by atoms with Crippen LogP contribution in [-0.2, 0) is 6.42 Å². The highest BCUT2D eigenvalue weighted by Gasteiger charge is 2.16. The van der Waals surface area contributed by atoms with E-state index >= 15 is 0 Å². The second-order valence-electron chi connectivity index (χ2n) is 4.07. The number of hydrogen-bond donors (Lipinski definition) is 0. The van der Waals surface area contributed by atoms with Crippen molar-refractivity contribution in [3.63, 3.8) is 0 Å². The molecule has 0 fully saturated rings. The fraction of sp³-hybridized carbons (Fsp3) is 0.143. The third kappa shape index (κ3) is 3.68. The maximum Gasteiger partial charge on any atom is 0.129 e. The monoisotopic (exact) mass is 364 g/mol.